The van der Waals surface area contributed by atoms with Gasteiger partial charge in [0, 0.05) is 27.5 Å². The zero-order chi connectivity index (χ0) is 21.8. The van der Waals surface area contributed by atoms with Crippen molar-refractivity contribution in [1.29, 1.82) is 0 Å². The van der Waals surface area contributed by atoms with Crippen molar-refractivity contribution in [1.82, 2.24) is 19.7 Å². The molecule has 0 aliphatic rings. The molecule has 1 N–H and O–H groups in total. The predicted octanol–water partition coefficient (Wildman–Crippen LogP) is 5.78. The molecule has 1 amide bonds. The van der Waals surface area contributed by atoms with Crippen molar-refractivity contribution in [3.05, 3.63) is 82.0 Å². The molecular formula is C22H17BrClN5OS. The van der Waals surface area contributed by atoms with Crippen LogP contribution < -0.4 is 5.32 Å². The van der Waals surface area contributed by atoms with E-state index < -0.39 is 0 Å². The minimum absolute atomic E-state index is 0.138. The third-order valence-electron chi connectivity index (χ3n) is 4.37. The van der Waals surface area contributed by atoms with E-state index in [4.69, 9.17) is 11.6 Å². The first kappa shape index (κ1) is 21.5. The van der Waals surface area contributed by atoms with E-state index in [1.54, 1.807) is 18.5 Å². The van der Waals surface area contributed by atoms with Gasteiger partial charge < -0.3 is 5.32 Å². The van der Waals surface area contributed by atoms with E-state index in [1.807, 2.05) is 60.0 Å². The van der Waals surface area contributed by atoms with E-state index in [-0.39, 0.29) is 11.7 Å². The molecule has 6 nitrogen and oxygen atoms in total. The van der Waals surface area contributed by atoms with Gasteiger partial charge in [-0.15, -0.1) is 10.2 Å². The number of nitrogens with zero attached hydrogens (tertiary/aromatic N) is 4. The Kier molecular flexibility index (Phi) is 6.70. The van der Waals surface area contributed by atoms with Crippen molar-refractivity contribution >= 4 is 50.9 Å². The number of halogens is 2. The number of carbonyl (C=O) groups excluding carboxylic acids is 1. The lowest BCUT2D eigenvalue weighted by Crippen LogP contribution is -2.15. The van der Waals surface area contributed by atoms with E-state index in [0.29, 0.717) is 16.0 Å². The highest BCUT2D eigenvalue weighted by Gasteiger charge is 2.18. The Labute approximate surface area is 197 Å². The quantitative estimate of drug-likeness (QED) is 0.330. The van der Waals surface area contributed by atoms with Crippen LogP contribution in [0.5, 0.6) is 0 Å². The van der Waals surface area contributed by atoms with Crippen molar-refractivity contribution in [3.63, 3.8) is 0 Å². The highest BCUT2D eigenvalue weighted by molar-refractivity contribution is 9.10. The summed E-state index contributed by atoms with van der Waals surface area (Å²) in [4.78, 5) is 16.6. The summed E-state index contributed by atoms with van der Waals surface area (Å²) in [5.41, 5.74) is 3.51. The van der Waals surface area contributed by atoms with Gasteiger partial charge in [0.25, 0.3) is 0 Å². The number of anilines is 1. The molecule has 0 saturated heterocycles. The molecule has 4 aromatic rings. The fourth-order valence-corrected chi connectivity index (χ4v) is 4.47. The highest BCUT2D eigenvalue weighted by atomic mass is 79.9. The summed E-state index contributed by atoms with van der Waals surface area (Å²) in [6.45, 7) is 2.00. The molecule has 2 heterocycles. The van der Waals surface area contributed by atoms with E-state index in [1.165, 1.54) is 11.8 Å². The van der Waals surface area contributed by atoms with E-state index >= 15 is 0 Å². The normalized spacial score (nSPS) is 10.8. The maximum atomic E-state index is 12.6. The number of aromatic nitrogens is 4. The molecule has 0 bridgehead atoms. The van der Waals surface area contributed by atoms with Gasteiger partial charge in [-0.3, -0.25) is 14.3 Å². The first-order chi connectivity index (χ1) is 15.0. The summed E-state index contributed by atoms with van der Waals surface area (Å²) in [5.74, 6) is 0.685. The summed E-state index contributed by atoms with van der Waals surface area (Å²) < 4.78 is 2.73. The minimum Gasteiger partial charge on any atom is -0.324 e. The van der Waals surface area contributed by atoms with E-state index in [2.05, 4.69) is 36.4 Å². The number of benzene rings is 2. The van der Waals surface area contributed by atoms with Crippen LogP contribution in [0.2, 0.25) is 5.02 Å². The molecule has 31 heavy (non-hydrogen) atoms. The van der Waals surface area contributed by atoms with Crippen LogP contribution in [0.1, 0.15) is 5.56 Å². The van der Waals surface area contributed by atoms with Crippen molar-refractivity contribution in [2.24, 2.45) is 0 Å². The molecule has 4 rings (SSSR count). The molecule has 0 saturated carbocycles. The maximum Gasteiger partial charge on any atom is 0.234 e. The number of rotatable bonds is 6. The molecule has 0 spiro atoms. The van der Waals surface area contributed by atoms with Gasteiger partial charge in [-0.2, -0.15) is 0 Å². The summed E-state index contributed by atoms with van der Waals surface area (Å²) >= 11 is 11.0. The second kappa shape index (κ2) is 9.64. The molecule has 0 radical (unpaired) electrons. The summed E-state index contributed by atoms with van der Waals surface area (Å²) in [6.07, 6.45) is 3.40. The van der Waals surface area contributed by atoms with Crippen LogP contribution in [0.25, 0.3) is 17.1 Å². The van der Waals surface area contributed by atoms with Crippen LogP contribution in [0.15, 0.2) is 76.6 Å². The van der Waals surface area contributed by atoms with Gasteiger partial charge in [-0.1, -0.05) is 35.5 Å². The molecule has 0 fully saturated rings. The topological polar surface area (TPSA) is 72.7 Å². The van der Waals surface area contributed by atoms with Gasteiger partial charge >= 0.3 is 0 Å². The second-order valence-electron chi connectivity index (χ2n) is 6.68. The largest absolute Gasteiger partial charge is 0.324 e. The van der Waals surface area contributed by atoms with Gasteiger partial charge in [0.2, 0.25) is 5.91 Å². The predicted molar refractivity (Wildman–Crippen MR) is 128 cm³/mol. The zero-order valence-corrected chi connectivity index (χ0v) is 19.6. The standard InChI is InChI=1S/C22H17BrClN5OS/c1-14-5-6-19(18(23)11-14)26-20(30)13-31-22-28-27-21(15-7-9-25-10-8-15)29(22)17-4-2-3-16(24)12-17/h2-12H,13H2,1H3,(H,26,30). The monoisotopic (exact) mass is 513 g/mol. The fraction of sp³-hybridized carbons (Fsp3) is 0.0909. The maximum absolute atomic E-state index is 12.6. The molecule has 2 aromatic heterocycles. The molecule has 0 aliphatic heterocycles. The lowest BCUT2D eigenvalue weighted by Gasteiger charge is -2.11. The van der Waals surface area contributed by atoms with Crippen LogP contribution in [-0.2, 0) is 4.79 Å². The number of amides is 1. The molecule has 9 heteroatoms. The number of thioether (sulfide) groups is 1. The van der Waals surface area contributed by atoms with E-state index in [0.717, 1.165) is 27.0 Å². The van der Waals surface area contributed by atoms with Crippen LogP contribution >= 0.6 is 39.3 Å². The molecule has 2 aromatic carbocycles. The Morgan fingerprint density at radius 1 is 1.13 bits per heavy atom. The molecule has 0 unspecified atom stereocenters. The van der Waals surface area contributed by atoms with Crippen molar-refractivity contribution in [2.45, 2.75) is 12.1 Å². The molecule has 0 aliphatic carbocycles. The van der Waals surface area contributed by atoms with Gasteiger partial charge in [-0.25, -0.2) is 0 Å². The van der Waals surface area contributed by atoms with Crippen LogP contribution in [0, 0.1) is 6.92 Å². The highest BCUT2D eigenvalue weighted by Crippen LogP contribution is 2.29. The molecule has 0 atom stereocenters. The number of hydrogen-bond acceptors (Lipinski definition) is 5. The summed E-state index contributed by atoms with van der Waals surface area (Å²) in [6, 6.07) is 16.9. The number of pyridine rings is 1. The average Bonchev–Trinajstić information content (AvgIpc) is 3.19. The van der Waals surface area contributed by atoms with Crippen molar-refractivity contribution in [3.8, 4) is 17.1 Å². The lowest BCUT2D eigenvalue weighted by molar-refractivity contribution is -0.113. The smallest absolute Gasteiger partial charge is 0.234 e. The third kappa shape index (κ3) is 5.15. The minimum atomic E-state index is -0.138. The average molecular weight is 515 g/mol. The number of carbonyl (C=O) groups is 1. The number of aryl methyl sites for hydroxylation is 1. The molecule has 156 valence electrons. The Bertz CT molecular complexity index is 1230. The third-order valence-corrected chi connectivity index (χ3v) is 6.19. The van der Waals surface area contributed by atoms with Gasteiger partial charge in [0.15, 0.2) is 11.0 Å². The number of hydrogen-bond donors (Lipinski definition) is 1. The summed E-state index contributed by atoms with van der Waals surface area (Å²) in [5, 5.41) is 12.8. The first-order valence-corrected chi connectivity index (χ1v) is 11.5. The zero-order valence-electron chi connectivity index (χ0n) is 16.4. The Hall–Kier alpha value is -2.68. The van der Waals surface area contributed by atoms with Crippen LogP contribution in [0.4, 0.5) is 5.69 Å². The van der Waals surface area contributed by atoms with Crippen LogP contribution in [0.3, 0.4) is 0 Å². The van der Waals surface area contributed by atoms with Gasteiger partial charge in [0.05, 0.1) is 17.1 Å². The van der Waals surface area contributed by atoms with Gasteiger partial charge in [-0.05, 0) is 70.9 Å². The second-order valence-corrected chi connectivity index (χ2v) is 8.91. The van der Waals surface area contributed by atoms with E-state index in [9.17, 15) is 4.79 Å². The van der Waals surface area contributed by atoms with Crippen LogP contribution in [-0.4, -0.2) is 31.4 Å². The molecular weight excluding hydrogens is 498 g/mol. The Morgan fingerprint density at radius 3 is 2.68 bits per heavy atom. The first-order valence-electron chi connectivity index (χ1n) is 9.32. The van der Waals surface area contributed by atoms with Crippen molar-refractivity contribution < 1.29 is 4.79 Å². The lowest BCUT2D eigenvalue weighted by atomic mass is 10.2. The number of nitrogens with one attached hydrogen (secondary N) is 1. The summed E-state index contributed by atoms with van der Waals surface area (Å²) in [7, 11) is 0. The SMILES string of the molecule is Cc1ccc(NC(=O)CSc2nnc(-c3ccncc3)n2-c2cccc(Cl)c2)c(Br)c1. The fourth-order valence-electron chi connectivity index (χ4n) is 2.94. The Balaban J connectivity index is 1.59. The van der Waals surface area contributed by atoms with Crippen molar-refractivity contribution in [2.75, 3.05) is 11.1 Å². The van der Waals surface area contributed by atoms with Gasteiger partial charge in [0.1, 0.15) is 0 Å². The Morgan fingerprint density at radius 2 is 1.94 bits per heavy atom.